The lowest BCUT2D eigenvalue weighted by atomic mass is 10.0. The Morgan fingerprint density at radius 3 is 2.49 bits per heavy atom. The highest BCUT2D eigenvalue weighted by molar-refractivity contribution is 7.15. The van der Waals surface area contributed by atoms with Crippen molar-refractivity contribution in [1.82, 2.24) is 20.5 Å². The van der Waals surface area contributed by atoms with Crippen LogP contribution in [0.2, 0.25) is 0 Å². The highest BCUT2D eigenvalue weighted by Crippen LogP contribution is 2.20. The summed E-state index contributed by atoms with van der Waals surface area (Å²) in [6.07, 6.45) is 4.79. The number of benzene rings is 2. The van der Waals surface area contributed by atoms with Crippen molar-refractivity contribution in [1.29, 1.82) is 0 Å². The fraction of sp³-hybridized carbons (Fsp3) is 0.414. The summed E-state index contributed by atoms with van der Waals surface area (Å²) in [6, 6.07) is 13.2. The van der Waals surface area contributed by atoms with E-state index in [-0.39, 0.29) is 17.9 Å². The van der Waals surface area contributed by atoms with Crippen LogP contribution in [0.25, 0.3) is 0 Å². The molecule has 39 heavy (non-hydrogen) atoms. The van der Waals surface area contributed by atoms with Crippen LogP contribution in [0, 0.1) is 11.6 Å². The minimum Gasteiger partial charge on any atom is -0.344 e. The average molecular weight is 556 g/mol. The van der Waals surface area contributed by atoms with Gasteiger partial charge in [0.05, 0.1) is 6.42 Å². The maximum Gasteiger partial charge on any atom is 0.248 e. The third-order valence-corrected chi connectivity index (χ3v) is 7.61. The Labute approximate surface area is 232 Å². The monoisotopic (exact) mass is 555 g/mol. The van der Waals surface area contributed by atoms with E-state index in [1.165, 1.54) is 16.9 Å². The zero-order valence-electron chi connectivity index (χ0n) is 22.1. The molecule has 10 heteroatoms. The van der Waals surface area contributed by atoms with E-state index in [0.29, 0.717) is 30.6 Å². The van der Waals surface area contributed by atoms with Crippen molar-refractivity contribution in [3.8, 4) is 0 Å². The molecule has 1 saturated heterocycles. The molecule has 2 heterocycles. The molecule has 2 amide bonds. The Morgan fingerprint density at radius 2 is 1.79 bits per heavy atom. The number of thiazole rings is 1. The number of hydrogen-bond acceptors (Lipinski definition) is 6. The predicted octanol–water partition coefficient (Wildman–Crippen LogP) is 4.64. The van der Waals surface area contributed by atoms with Crippen LogP contribution in [0.1, 0.15) is 48.6 Å². The standard InChI is InChI=1S/C29H35F2N5O2S/c1-2-6-26(34-27(37)15-21-13-22(30)16-23(31)14-21)28(38)35-29-33-18-25(39-29)17-32-24-9-11-36(12-10-24)19-20-7-4-3-5-8-20/h3-5,7-8,13-14,16,18,24,26,32H,2,6,9-12,15,17,19H2,1H3,(H,34,37)(H,33,35,38). The first kappa shape index (κ1) is 28.8. The van der Waals surface area contributed by atoms with E-state index in [0.717, 1.165) is 55.6 Å². The normalized spacial score (nSPS) is 15.2. The van der Waals surface area contributed by atoms with Crippen molar-refractivity contribution in [2.24, 2.45) is 0 Å². The first-order valence-corrected chi connectivity index (χ1v) is 14.2. The van der Waals surface area contributed by atoms with E-state index < -0.39 is 23.6 Å². The SMILES string of the molecule is CCCC(NC(=O)Cc1cc(F)cc(F)c1)C(=O)Nc1ncc(CNC2CCN(Cc3ccccc3)CC2)s1. The molecule has 1 aliphatic rings. The Bertz CT molecular complexity index is 1210. The van der Waals surface area contributed by atoms with Crippen molar-refractivity contribution < 1.29 is 18.4 Å². The van der Waals surface area contributed by atoms with Gasteiger partial charge in [-0.25, -0.2) is 13.8 Å². The highest BCUT2D eigenvalue weighted by Gasteiger charge is 2.22. The molecule has 1 aliphatic heterocycles. The molecule has 1 atom stereocenters. The number of hydrogen-bond donors (Lipinski definition) is 3. The van der Waals surface area contributed by atoms with Gasteiger partial charge in [-0.05, 0) is 55.6 Å². The van der Waals surface area contributed by atoms with Gasteiger partial charge in [-0.1, -0.05) is 43.7 Å². The third-order valence-electron chi connectivity index (χ3n) is 6.70. The summed E-state index contributed by atoms with van der Waals surface area (Å²) >= 11 is 1.40. The summed E-state index contributed by atoms with van der Waals surface area (Å²) in [4.78, 5) is 33.2. The van der Waals surface area contributed by atoms with Crippen molar-refractivity contribution in [3.05, 3.63) is 82.4 Å². The van der Waals surface area contributed by atoms with Gasteiger partial charge in [0.25, 0.3) is 0 Å². The minimum absolute atomic E-state index is 0.208. The number of amides is 2. The lowest BCUT2D eigenvalue weighted by Gasteiger charge is -2.32. The molecule has 1 aromatic heterocycles. The van der Waals surface area contributed by atoms with E-state index in [1.54, 1.807) is 6.20 Å². The molecule has 0 aliphatic carbocycles. The van der Waals surface area contributed by atoms with E-state index in [2.05, 4.69) is 50.1 Å². The molecule has 2 aromatic carbocycles. The fourth-order valence-electron chi connectivity index (χ4n) is 4.72. The van der Waals surface area contributed by atoms with Crippen LogP contribution >= 0.6 is 11.3 Å². The van der Waals surface area contributed by atoms with Gasteiger partial charge in [0.15, 0.2) is 5.13 Å². The second-order valence-electron chi connectivity index (χ2n) is 9.90. The number of aromatic nitrogens is 1. The topological polar surface area (TPSA) is 86.4 Å². The van der Waals surface area contributed by atoms with Crippen LogP contribution < -0.4 is 16.0 Å². The van der Waals surface area contributed by atoms with E-state index in [4.69, 9.17) is 0 Å². The molecule has 0 radical (unpaired) electrons. The number of carbonyl (C=O) groups excluding carboxylic acids is 2. The van der Waals surface area contributed by atoms with Crippen LogP contribution in [0.5, 0.6) is 0 Å². The first-order chi connectivity index (χ1) is 18.9. The Balaban J connectivity index is 1.21. The number of rotatable bonds is 12. The minimum atomic E-state index is -0.771. The molecule has 3 N–H and O–H groups in total. The van der Waals surface area contributed by atoms with Gasteiger partial charge in [-0.2, -0.15) is 0 Å². The quantitative estimate of drug-likeness (QED) is 0.303. The summed E-state index contributed by atoms with van der Waals surface area (Å²) in [7, 11) is 0. The number of carbonyl (C=O) groups is 2. The molecular weight excluding hydrogens is 520 g/mol. The molecule has 7 nitrogen and oxygen atoms in total. The van der Waals surface area contributed by atoms with Crippen molar-refractivity contribution in [2.45, 2.75) is 64.2 Å². The summed E-state index contributed by atoms with van der Waals surface area (Å²) in [6.45, 7) is 5.67. The molecule has 0 saturated carbocycles. The summed E-state index contributed by atoms with van der Waals surface area (Å²) in [5.41, 5.74) is 1.55. The van der Waals surface area contributed by atoms with E-state index in [9.17, 15) is 18.4 Å². The molecule has 1 fully saturated rings. The molecule has 0 spiro atoms. The summed E-state index contributed by atoms with van der Waals surface area (Å²) < 4.78 is 26.9. The number of anilines is 1. The Hall–Kier alpha value is -3.21. The van der Waals surface area contributed by atoms with Crippen LogP contribution in [-0.4, -0.2) is 46.9 Å². The molecular formula is C29H35F2N5O2S. The molecule has 4 rings (SSSR count). The number of piperidine rings is 1. The van der Waals surface area contributed by atoms with Gasteiger partial charge in [0.1, 0.15) is 17.7 Å². The lowest BCUT2D eigenvalue weighted by Crippen LogP contribution is -2.44. The van der Waals surface area contributed by atoms with Crippen molar-refractivity contribution in [2.75, 3.05) is 18.4 Å². The number of nitrogens with one attached hydrogen (secondary N) is 3. The molecule has 0 bridgehead atoms. The zero-order valence-corrected chi connectivity index (χ0v) is 22.9. The van der Waals surface area contributed by atoms with Crippen LogP contribution in [0.4, 0.5) is 13.9 Å². The number of nitrogens with zero attached hydrogens (tertiary/aromatic N) is 2. The van der Waals surface area contributed by atoms with Crippen LogP contribution in [0.3, 0.4) is 0 Å². The Kier molecular flexibility index (Phi) is 10.5. The second-order valence-corrected chi connectivity index (χ2v) is 11.0. The van der Waals surface area contributed by atoms with Gasteiger partial charge in [-0.15, -0.1) is 11.3 Å². The molecule has 1 unspecified atom stereocenters. The van der Waals surface area contributed by atoms with Gasteiger partial charge in [-0.3, -0.25) is 14.5 Å². The fourth-order valence-corrected chi connectivity index (χ4v) is 5.49. The number of halogens is 2. The van der Waals surface area contributed by atoms with Crippen molar-refractivity contribution in [3.63, 3.8) is 0 Å². The maximum absolute atomic E-state index is 13.4. The zero-order chi connectivity index (χ0) is 27.6. The van der Waals surface area contributed by atoms with Crippen LogP contribution in [-0.2, 0) is 29.1 Å². The average Bonchev–Trinajstić information content (AvgIpc) is 3.35. The van der Waals surface area contributed by atoms with E-state index in [1.807, 2.05) is 13.0 Å². The smallest absolute Gasteiger partial charge is 0.248 e. The Morgan fingerprint density at radius 1 is 1.08 bits per heavy atom. The van der Waals surface area contributed by atoms with Gasteiger partial charge < -0.3 is 16.0 Å². The summed E-state index contributed by atoms with van der Waals surface area (Å²) in [5.74, 6) is -2.34. The predicted molar refractivity (Wildman–Crippen MR) is 149 cm³/mol. The lowest BCUT2D eigenvalue weighted by molar-refractivity contribution is -0.126. The number of likely N-dealkylation sites (tertiary alicyclic amines) is 1. The highest BCUT2D eigenvalue weighted by atomic mass is 32.1. The maximum atomic E-state index is 13.4. The molecule has 208 valence electrons. The third kappa shape index (κ3) is 9.19. The van der Waals surface area contributed by atoms with Crippen molar-refractivity contribution >= 4 is 28.3 Å². The van der Waals surface area contributed by atoms with E-state index >= 15 is 0 Å². The van der Waals surface area contributed by atoms with Gasteiger partial charge in [0, 0.05) is 36.3 Å². The largest absolute Gasteiger partial charge is 0.344 e. The first-order valence-electron chi connectivity index (χ1n) is 13.4. The van der Waals surface area contributed by atoms with Gasteiger partial charge in [0.2, 0.25) is 11.8 Å². The summed E-state index contributed by atoms with van der Waals surface area (Å²) in [5, 5.41) is 9.56. The van der Waals surface area contributed by atoms with Gasteiger partial charge >= 0.3 is 0 Å². The molecule has 3 aromatic rings. The van der Waals surface area contributed by atoms with Crippen LogP contribution in [0.15, 0.2) is 54.7 Å². The second kappa shape index (κ2) is 14.3.